The van der Waals surface area contributed by atoms with E-state index in [2.05, 4.69) is 12.1 Å². The van der Waals surface area contributed by atoms with Crippen molar-refractivity contribution in [3.63, 3.8) is 0 Å². The number of anilines is 1. The van der Waals surface area contributed by atoms with Crippen molar-refractivity contribution in [2.75, 3.05) is 31.1 Å². The molecule has 0 saturated carbocycles. The zero-order valence-electron chi connectivity index (χ0n) is 22.5. The third-order valence-corrected chi connectivity index (χ3v) is 7.90. The van der Waals surface area contributed by atoms with Crippen molar-refractivity contribution >= 4 is 29.6 Å². The number of aromatic nitrogens is 1. The van der Waals surface area contributed by atoms with Gasteiger partial charge in [0.25, 0.3) is 0 Å². The lowest BCUT2D eigenvalue weighted by atomic mass is 10.0. The Bertz CT molecular complexity index is 1330. The molecule has 0 spiro atoms. The van der Waals surface area contributed by atoms with Crippen molar-refractivity contribution in [2.45, 2.75) is 62.1 Å². The predicted molar refractivity (Wildman–Crippen MR) is 146 cm³/mol. The molecule has 1 aromatic heterocycles. The van der Waals surface area contributed by atoms with Crippen molar-refractivity contribution in [3.8, 4) is 12.1 Å². The van der Waals surface area contributed by atoms with E-state index in [9.17, 15) is 20.1 Å². The molecule has 3 unspecified atom stereocenters. The van der Waals surface area contributed by atoms with Gasteiger partial charge in [-0.2, -0.15) is 10.5 Å². The number of rotatable bonds is 6. The van der Waals surface area contributed by atoms with Crippen LogP contribution in [-0.4, -0.2) is 65.9 Å². The molecule has 0 radical (unpaired) electrons. The molecule has 11 heteroatoms. The molecular weight excluding hydrogens is 516 g/mol. The Morgan fingerprint density at radius 3 is 2.49 bits per heavy atom. The summed E-state index contributed by atoms with van der Waals surface area (Å²) in [6.45, 7) is 8.89. The molecule has 0 aliphatic carbocycles. The molecule has 3 atom stereocenters. The second-order valence-electron chi connectivity index (χ2n) is 10.4. The smallest absolute Gasteiger partial charge is 0.410 e. The molecule has 2 aliphatic rings. The molecule has 3 heterocycles. The molecule has 204 valence electrons. The van der Waals surface area contributed by atoms with Gasteiger partial charge in [-0.3, -0.25) is 9.69 Å². The van der Waals surface area contributed by atoms with Gasteiger partial charge in [0.05, 0.1) is 29.9 Å². The fourth-order valence-electron chi connectivity index (χ4n) is 4.94. The van der Waals surface area contributed by atoms with Crippen LogP contribution in [0.3, 0.4) is 0 Å². The van der Waals surface area contributed by atoms with E-state index in [4.69, 9.17) is 20.2 Å². The predicted octanol–water partition coefficient (Wildman–Crippen LogP) is 3.53. The third kappa shape index (κ3) is 5.95. The summed E-state index contributed by atoms with van der Waals surface area (Å²) in [6.07, 6.45) is -0.282. The van der Waals surface area contributed by atoms with Gasteiger partial charge in [-0.15, -0.1) is 0 Å². The molecule has 39 heavy (non-hydrogen) atoms. The van der Waals surface area contributed by atoms with Gasteiger partial charge < -0.3 is 20.1 Å². The number of nitrogens with two attached hydrogens (primary N) is 1. The zero-order valence-corrected chi connectivity index (χ0v) is 23.3. The van der Waals surface area contributed by atoms with E-state index >= 15 is 0 Å². The van der Waals surface area contributed by atoms with Crippen LogP contribution in [0.4, 0.5) is 10.6 Å². The van der Waals surface area contributed by atoms with Gasteiger partial charge in [-0.25, -0.2) is 9.78 Å². The summed E-state index contributed by atoms with van der Waals surface area (Å²) in [7, 11) is 0. The lowest BCUT2D eigenvalue weighted by Gasteiger charge is -2.37. The molecule has 0 bridgehead atoms. The van der Waals surface area contributed by atoms with Crippen LogP contribution in [0.5, 0.6) is 0 Å². The van der Waals surface area contributed by atoms with Crippen LogP contribution in [0.1, 0.15) is 55.2 Å². The number of pyridine rings is 1. The largest absolute Gasteiger partial charge is 0.444 e. The molecule has 2 N–H and O–H groups in total. The quantitative estimate of drug-likeness (QED) is 0.536. The van der Waals surface area contributed by atoms with Gasteiger partial charge in [0.1, 0.15) is 33.8 Å². The minimum atomic E-state index is -0.775. The van der Waals surface area contributed by atoms with E-state index in [1.807, 2.05) is 50.8 Å². The van der Waals surface area contributed by atoms with Crippen molar-refractivity contribution in [1.29, 1.82) is 10.5 Å². The summed E-state index contributed by atoms with van der Waals surface area (Å²) < 4.78 is 11.6. The lowest BCUT2D eigenvalue weighted by Crippen LogP contribution is -2.54. The topological polar surface area (TPSA) is 146 Å². The van der Waals surface area contributed by atoms with Crippen molar-refractivity contribution in [3.05, 3.63) is 52.6 Å². The van der Waals surface area contributed by atoms with Crippen LogP contribution in [-0.2, 0) is 20.7 Å². The summed E-state index contributed by atoms with van der Waals surface area (Å²) in [5, 5.41) is 19.8. The fourth-order valence-corrected chi connectivity index (χ4v) is 5.99. The minimum Gasteiger partial charge on any atom is -0.444 e. The molecule has 10 nitrogen and oxygen atoms in total. The van der Waals surface area contributed by atoms with Gasteiger partial charge in [0.15, 0.2) is 0 Å². The van der Waals surface area contributed by atoms with Crippen molar-refractivity contribution in [1.82, 2.24) is 9.88 Å². The lowest BCUT2D eigenvalue weighted by molar-refractivity contribution is -0.117. The number of carbonyl (C=O) groups excluding carboxylic acids is 2. The fraction of sp³-hybridized carbons (Fsp3) is 0.464. The van der Waals surface area contributed by atoms with Gasteiger partial charge in [-0.05, 0) is 38.3 Å². The van der Waals surface area contributed by atoms with Crippen LogP contribution in [0, 0.1) is 22.7 Å². The van der Waals surface area contributed by atoms with Crippen LogP contribution >= 0.6 is 11.8 Å². The Morgan fingerprint density at radius 1 is 1.21 bits per heavy atom. The number of ether oxygens (including phenoxy) is 2. The maximum atomic E-state index is 13.0. The van der Waals surface area contributed by atoms with Crippen LogP contribution in [0.15, 0.2) is 35.4 Å². The van der Waals surface area contributed by atoms with Gasteiger partial charge in [0, 0.05) is 19.6 Å². The van der Waals surface area contributed by atoms with E-state index in [1.54, 1.807) is 17.0 Å². The monoisotopic (exact) mass is 548 g/mol. The first-order valence-electron chi connectivity index (χ1n) is 12.8. The van der Waals surface area contributed by atoms with E-state index in [-0.39, 0.29) is 17.7 Å². The highest BCUT2D eigenvalue weighted by atomic mass is 32.2. The van der Waals surface area contributed by atoms with Gasteiger partial charge in [0.2, 0.25) is 5.91 Å². The number of morpholine rings is 1. The standard InChI is InChI=1S/C28H32N6O4S/c1-5-18-19(13-29)25(32-26(20(18)14-30)39-23(24(31)35)17-9-7-6-8-10-17)33-15-21-22(16-33)37-12-11-34(21)27(36)38-28(2,3)4/h6-10,21-23H,5,11-12,15-16H2,1-4H3,(H2,31,35). The SMILES string of the molecule is CCc1c(C#N)c(SC(C(N)=O)c2ccccc2)nc(N2CC3OCCN(C(=O)OC(C)(C)C)C3C2)c1C#N. The maximum Gasteiger partial charge on any atom is 0.410 e. The molecule has 2 aromatic rings. The van der Waals surface area contributed by atoms with E-state index < -0.39 is 22.9 Å². The minimum absolute atomic E-state index is 0.258. The number of amides is 2. The number of hydrogen-bond acceptors (Lipinski definition) is 9. The van der Waals surface area contributed by atoms with Crippen molar-refractivity contribution in [2.24, 2.45) is 5.73 Å². The first kappa shape index (κ1) is 28.2. The molecule has 1 aromatic carbocycles. The second kappa shape index (κ2) is 11.5. The summed E-state index contributed by atoms with van der Waals surface area (Å²) in [4.78, 5) is 33.8. The summed E-state index contributed by atoms with van der Waals surface area (Å²) in [5.74, 6) is -0.163. The van der Waals surface area contributed by atoms with E-state index in [1.165, 1.54) is 0 Å². The summed E-state index contributed by atoms with van der Waals surface area (Å²) >= 11 is 1.10. The highest BCUT2D eigenvalue weighted by Crippen LogP contribution is 2.40. The van der Waals surface area contributed by atoms with Crippen LogP contribution in [0.25, 0.3) is 0 Å². The number of thioether (sulfide) groups is 1. The van der Waals surface area contributed by atoms with Crippen molar-refractivity contribution < 1.29 is 19.1 Å². The highest BCUT2D eigenvalue weighted by molar-refractivity contribution is 8.00. The molecule has 4 rings (SSSR count). The molecular formula is C28H32N6O4S. The molecule has 2 aliphatic heterocycles. The number of hydrogen-bond donors (Lipinski definition) is 1. The van der Waals surface area contributed by atoms with Crippen LogP contribution in [0.2, 0.25) is 0 Å². The second-order valence-corrected chi connectivity index (χ2v) is 11.5. The number of nitrogens with zero attached hydrogens (tertiary/aromatic N) is 5. The molecule has 2 amide bonds. The average molecular weight is 549 g/mol. The van der Waals surface area contributed by atoms with Crippen LogP contribution < -0.4 is 10.6 Å². The third-order valence-electron chi connectivity index (χ3n) is 6.64. The maximum absolute atomic E-state index is 13.0. The number of carbonyl (C=O) groups is 2. The molecule has 2 saturated heterocycles. The number of fused-ring (bicyclic) bond motifs is 1. The Hall–Kier alpha value is -3.80. The number of benzene rings is 1. The number of nitriles is 2. The summed E-state index contributed by atoms with van der Waals surface area (Å²) in [5.41, 5.74) is 6.94. The normalized spacial score (nSPS) is 19.5. The van der Waals surface area contributed by atoms with Gasteiger partial charge >= 0.3 is 6.09 Å². The summed E-state index contributed by atoms with van der Waals surface area (Å²) in [6, 6.07) is 13.2. The Labute approximate surface area is 232 Å². The Balaban J connectivity index is 1.73. The first-order chi connectivity index (χ1) is 18.6. The van der Waals surface area contributed by atoms with E-state index in [0.29, 0.717) is 60.2 Å². The highest BCUT2D eigenvalue weighted by Gasteiger charge is 2.44. The number of primary amides is 1. The zero-order chi connectivity index (χ0) is 28.3. The average Bonchev–Trinajstić information content (AvgIpc) is 3.34. The Kier molecular flexibility index (Phi) is 8.34. The van der Waals surface area contributed by atoms with E-state index in [0.717, 1.165) is 11.8 Å². The van der Waals surface area contributed by atoms with Gasteiger partial charge in [-0.1, -0.05) is 49.0 Å². The first-order valence-corrected chi connectivity index (χ1v) is 13.7. The Morgan fingerprint density at radius 2 is 1.90 bits per heavy atom. The molecule has 2 fully saturated rings.